The van der Waals surface area contributed by atoms with Crippen molar-refractivity contribution in [3.05, 3.63) is 71.3 Å². The molecular formula is C15H14O3S. The van der Waals surface area contributed by atoms with Crippen LogP contribution in [0.25, 0.3) is 6.08 Å². The summed E-state index contributed by atoms with van der Waals surface area (Å²) < 4.78 is 10.3. The minimum atomic E-state index is 0.613. The Balaban J connectivity index is 1.88. The van der Waals surface area contributed by atoms with E-state index >= 15 is 0 Å². The predicted octanol–water partition coefficient (Wildman–Crippen LogP) is 4.29. The first kappa shape index (κ1) is 13.5. The maximum absolute atomic E-state index is 5.21. The molecule has 0 fully saturated rings. The Morgan fingerprint density at radius 1 is 0.947 bits per heavy atom. The summed E-state index contributed by atoms with van der Waals surface area (Å²) in [5.41, 5.74) is 1.04. The summed E-state index contributed by atoms with van der Waals surface area (Å²) in [6, 6.07) is 19.1. The molecule has 0 spiro atoms. The van der Waals surface area contributed by atoms with E-state index in [1.807, 2.05) is 66.7 Å². The van der Waals surface area contributed by atoms with Crippen molar-refractivity contribution in [2.45, 2.75) is 0 Å². The molecule has 0 aliphatic heterocycles. The van der Waals surface area contributed by atoms with Gasteiger partial charge in [-0.3, -0.25) is 0 Å². The zero-order valence-corrected chi connectivity index (χ0v) is 11.3. The van der Waals surface area contributed by atoms with E-state index in [0.29, 0.717) is 10.8 Å². The first-order valence-corrected chi connectivity index (χ1v) is 6.49. The van der Waals surface area contributed by atoms with Crippen molar-refractivity contribution in [2.24, 2.45) is 0 Å². The fourth-order valence-electron chi connectivity index (χ4n) is 1.37. The van der Waals surface area contributed by atoms with Gasteiger partial charge in [0.05, 0.1) is 7.11 Å². The summed E-state index contributed by atoms with van der Waals surface area (Å²) in [6.07, 6.45) is 1.87. The highest BCUT2D eigenvalue weighted by atomic mass is 32.2. The van der Waals surface area contributed by atoms with Crippen molar-refractivity contribution in [3.8, 4) is 5.75 Å². The highest BCUT2D eigenvalue weighted by molar-refractivity contribution is 7.98. The Labute approximate surface area is 116 Å². The quantitative estimate of drug-likeness (QED) is 0.340. The minimum absolute atomic E-state index is 0.613. The van der Waals surface area contributed by atoms with Gasteiger partial charge in [0.15, 0.2) is 10.8 Å². The van der Waals surface area contributed by atoms with Crippen LogP contribution in [0, 0.1) is 0 Å². The maximum Gasteiger partial charge on any atom is 0.184 e. The van der Waals surface area contributed by atoms with Crippen molar-refractivity contribution in [1.29, 1.82) is 0 Å². The lowest BCUT2D eigenvalue weighted by atomic mass is 10.2. The van der Waals surface area contributed by atoms with Gasteiger partial charge < -0.3 is 9.62 Å². The van der Waals surface area contributed by atoms with Crippen LogP contribution in [0.3, 0.4) is 0 Å². The smallest absolute Gasteiger partial charge is 0.184 e. The van der Waals surface area contributed by atoms with E-state index in [9.17, 15) is 0 Å². The lowest BCUT2D eigenvalue weighted by molar-refractivity contribution is -0.0779. The van der Waals surface area contributed by atoms with E-state index in [4.69, 9.17) is 14.0 Å². The van der Waals surface area contributed by atoms with Gasteiger partial charge in [0.2, 0.25) is 0 Å². The molecule has 0 aliphatic rings. The van der Waals surface area contributed by atoms with Crippen LogP contribution in [0.4, 0.5) is 0 Å². The van der Waals surface area contributed by atoms with Crippen LogP contribution in [0.1, 0.15) is 5.56 Å². The van der Waals surface area contributed by atoms with E-state index in [2.05, 4.69) is 0 Å². The van der Waals surface area contributed by atoms with Crippen LogP contribution in [-0.4, -0.2) is 7.11 Å². The summed E-state index contributed by atoms with van der Waals surface area (Å²) >= 11 is 1.03. The van der Waals surface area contributed by atoms with E-state index in [1.54, 1.807) is 7.11 Å². The normalized spacial score (nSPS) is 11.1. The van der Waals surface area contributed by atoms with Gasteiger partial charge in [-0.2, -0.15) is 0 Å². The third-order valence-corrected chi connectivity index (χ3v) is 2.86. The Bertz CT molecular complexity index is 511. The maximum atomic E-state index is 5.21. The summed E-state index contributed by atoms with van der Waals surface area (Å²) in [5, 5.41) is 0.613. The number of methoxy groups -OCH3 is 1. The Hall–Kier alpha value is -1.91. The molecule has 0 heterocycles. The summed E-state index contributed by atoms with van der Waals surface area (Å²) in [5.74, 6) is 0.644. The van der Waals surface area contributed by atoms with Crippen molar-refractivity contribution >= 4 is 18.1 Å². The molecule has 2 rings (SSSR count). The van der Waals surface area contributed by atoms with Crippen LogP contribution in [-0.2, 0) is 9.07 Å². The van der Waals surface area contributed by atoms with Crippen LogP contribution in [0.15, 0.2) is 65.8 Å². The highest BCUT2D eigenvalue weighted by Gasteiger charge is 2.01. The molecule has 2 aromatic carbocycles. The molecule has 3 nitrogen and oxygen atoms in total. The van der Waals surface area contributed by atoms with Gasteiger partial charge in [-0.25, -0.2) is 0 Å². The lowest BCUT2D eigenvalue weighted by Crippen LogP contribution is -1.91. The summed E-state index contributed by atoms with van der Waals surface area (Å²) in [4.78, 5) is 5.12. The Morgan fingerprint density at radius 2 is 1.58 bits per heavy atom. The molecule has 0 aliphatic carbocycles. The second-order valence-corrected chi connectivity index (χ2v) is 4.33. The second kappa shape index (κ2) is 7.51. The third-order valence-electron chi connectivity index (χ3n) is 2.27. The zero-order valence-electron chi connectivity index (χ0n) is 10.5. The number of hydrogen-bond donors (Lipinski definition) is 0. The average Bonchev–Trinajstić information content (AvgIpc) is 2.48. The topological polar surface area (TPSA) is 27.7 Å². The van der Waals surface area contributed by atoms with Crippen molar-refractivity contribution in [3.63, 3.8) is 0 Å². The molecule has 98 valence electrons. The van der Waals surface area contributed by atoms with Crippen LogP contribution in [0.5, 0.6) is 5.75 Å². The third kappa shape index (κ3) is 4.69. The zero-order chi connectivity index (χ0) is 13.3. The number of benzene rings is 2. The number of hydrogen-bond acceptors (Lipinski definition) is 4. The molecule has 4 heteroatoms. The summed E-state index contributed by atoms with van der Waals surface area (Å²) in [7, 11) is 1.59. The molecule has 0 atom stereocenters. The van der Waals surface area contributed by atoms with Gasteiger partial charge >= 0.3 is 0 Å². The first-order valence-electron chi connectivity index (χ1n) is 5.75. The van der Waals surface area contributed by atoms with Crippen molar-refractivity contribution in [2.75, 3.05) is 7.11 Å². The second-order valence-electron chi connectivity index (χ2n) is 3.63. The van der Waals surface area contributed by atoms with Crippen LogP contribution in [0.2, 0.25) is 0 Å². The summed E-state index contributed by atoms with van der Waals surface area (Å²) in [6.45, 7) is 0. The lowest BCUT2D eigenvalue weighted by Gasteiger charge is -2.05. The molecule has 2 aromatic rings. The number of para-hydroxylation sites is 1. The van der Waals surface area contributed by atoms with Gasteiger partial charge in [-0.05, 0) is 23.8 Å². The van der Waals surface area contributed by atoms with Crippen molar-refractivity contribution in [1.82, 2.24) is 0 Å². The Morgan fingerprint density at radius 3 is 2.21 bits per heavy atom. The van der Waals surface area contributed by atoms with E-state index in [-0.39, 0.29) is 0 Å². The largest absolute Gasteiger partial charge is 0.488 e. The fraction of sp³-hybridized carbons (Fsp3) is 0.0667. The van der Waals surface area contributed by atoms with Crippen LogP contribution < -0.4 is 4.89 Å². The monoisotopic (exact) mass is 274 g/mol. The molecular weight excluding hydrogens is 260 g/mol. The molecule has 0 bridgehead atoms. The fourth-order valence-corrected chi connectivity index (χ4v) is 1.80. The van der Waals surface area contributed by atoms with Gasteiger partial charge in [0.25, 0.3) is 0 Å². The predicted molar refractivity (Wildman–Crippen MR) is 77.2 cm³/mol. The van der Waals surface area contributed by atoms with Gasteiger partial charge in [0.1, 0.15) is 12.0 Å². The van der Waals surface area contributed by atoms with Gasteiger partial charge in [-0.1, -0.05) is 48.5 Å². The number of ether oxygens (including phenoxy) is 1. The molecule has 0 saturated heterocycles. The SMILES string of the molecule is CO/C(=C\c1ccccc1)SOOc1ccccc1. The first-order chi connectivity index (χ1) is 9.38. The van der Waals surface area contributed by atoms with E-state index in [1.165, 1.54) is 0 Å². The molecule has 0 saturated carbocycles. The minimum Gasteiger partial charge on any atom is -0.488 e. The highest BCUT2D eigenvalue weighted by Crippen LogP contribution is 2.22. The molecule has 19 heavy (non-hydrogen) atoms. The molecule has 0 N–H and O–H groups in total. The Kier molecular flexibility index (Phi) is 5.34. The number of rotatable bonds is 6. The molecule has 0 amide bonds. The molecule has 0 radical (unpaired) electrons. The van der Waals surface area contributed by atoms with E-state index < -0.39 is 0 Å². The molecule has 0 unspecified atom stereocenters. The van der Waals surface area contributed by atoms with Gasteiger partial charge in [-0.15, -0.1) is 4.33 Å². The van der Waals surface area contributed by atoms with Crippen molar-refractivity contribution < 1.29 is 14.0 Å². The standard InChI is InChI=1S/C15H14O3S/c1-16-15(12-13-8-4-2-5-9-13)19-18-17-14-10-6-3-7-11-14/h2-12H,1H3/b15-12+. The van der Waals surface area contributed by atoms with Crippen LogP contribution >= 0.6 is 12.0 Å². The average molecular weight is 274 g/mol. The van der Waals surface area contributed by atoms with E-state index in [0.717, 1.165) is 17.6 Å². The van der Waals surface area contributed by atoms with Gasteiger partial charge in [0, 0.05) is 0 Å². The molecule has 0 aromatic heterocycles.